The summed E-state index contributed by atoms with van der Waals surface area (Å²) in [6.07, 6.45) is 1.92. The number of hydrogen-bond acceptors (Lipinski definition) is 4. The highest BCUT2D eigenvalue weighted by Gasteiger charge is 2.40. The topological polar surface area (TPSA) is 103 Å². The number of aryl methyl sites for hydroxylation is 1. The van der Waals surface area contributed by atoms with Gasteiger partial charge in [0.1, 0.15) is 5.82 Å². The Labute approximate surface area is 111 Å². The maximum atomic E-state index is 12.3. The summed E-state index contributed by atoms with van der Waals surface area (Å²) in [5.41, 5.74) is -0.837. The standard InChI is InChI=1S/C11H17N3O4S/c1-8-12-7-9(13-8)19(17,18)14-5-3-11(2,4-6-14)10(15)16/h7H,3-6H2,1-2H3,(H,12,13)(H,15,16). The summed E-state index contributed by atoms with van der Waals surface area (Å²) < 4.78 is 25.9. The van der Waals surface area contributed by atoms with Gasteiger partial charge in [-0.25, -0.2) is 13.4 Å². The number of carboxylic acids is 1. The van der Waals surface area contributed by atoms with Gasteiger partial charge in [0.15, 0.2) is 5.03 Å². The predicted molar refractivity (Wildman–Crippen MR) is 67.1 cm³/mol. The lowest BCUT2D eigenvalue weighted by Crippen LogP contribution is -2.45. The Bertz CT molecular complexity index is 585. The zero-order valence-electron chi connectivity index (χ0n) is 10.9. The van der Waals surface area contributed by atoms with Crippen molar-refractivity contribution >= 4 is 16.0 Å². The Hall–Kier alpha value is -1.41. The molecule has 0 saturated carbocycles. The molecule has 0 radical (unpaired) electrons. The number of carbonyl (C=O) groups is 1. The number of carboxylic acid groups (broad SMARTS) is 1. The van der Waals surface area contributed by atoms with Crippen molar-refractivity contribution in [3.05, 3.63) is 12.0 Å². The van der Waals surface area contributed by atoms with Crippen molar-refractivity contribution in [1.82, 2.24) is 14.3 Å². The van der Waals surface area contributed by atoms with Gasteiger partial charge in [0.05, 0.1) is 11.6 Å². The van der Waals surface area contributed by atoms with E-state index in [9.17, 15) is 13.2 Å². The quantitative estimate of drug-likeness (QED) is 0.847. The van der Waals surface area contributed by atoms with E-state index >= 15 is 0 Å². The second-order valence-electron chi connectivity index (χ2n) is 5.10. The number of aromatic nitrogens is 2. The van der Waals surface area contributed by atoms with E-state index < -0.39 is 21.4 Å². The molecule has 0 spiro atoms. The van der Waals surface area contributed by atoms with E-state index in [2.05, 4.69) is 9.97 Å². The number of rotatable bonds is 3. The molecule has 0 aliphatic carbocycles. The molecule has 1 aliphatic heterocycles. The van der Waals surface area contributed by atoms with Gasteiger partial charge in [-0.2, -0.15) is 4.31 Å². The fourth-order valence-electron chi connectivity index (χ4n) is 2.10. The van der Waals surface area contributed by atoms with E-state index in [-0.39, 0.29) is 18.1 Å². The summed E-state index contributed by atoms with van der Waals surface area (Å²) in [4.78, 5) is 17.7. The van der Waals surface area contributed by atoms with Crippen LogP contribution in [0, 0.1) is 12.3 Å². The molecule has 0 unspecified atom stereocenters. The van der Waals surface area contributed by atoms with Crippen LogP contribution in [0.4, 0.5) is 0 Å². The summed E-state index contributed by atoms with van der Waals surface area (Å²) in [6, 6.07) is 0. The van der Waals surface area contributed by atoms with Crippen molar-refractivity contribution < 1.29 is 18.3 Å². The Morgan fingerprint density at radius 1 is 1.47 bits per heavy atom. The number of imidazole rings is 1. The molecule has 7 nitrogen and oxygen atoms in total. The van der Waals surface area contributed by atoms with Crippen LogP contribution in [0.1, 0.15) is 25.6 Å². The van der Waals surface area contributed by atoms with Gasteiger partial charge in [0.25, 0.3) is 10.0 Å². The first kappa shape index (κ1) is 14.0. The summed E-state index contributed by atoms with van der Waals surface area (Å²) in [6.45, 7) is 3.75. The molecule has 2 rings (SSSR count). The van der Waals surface area contributed by atoms with Crippen LogP contribution in [0.25, 0.3) is 0 Å². The van der Waals surface area contributed by atoms with Crippen LogP contribution < -0.4 is 0 Å². The molecular formula is C11H17N3O4S. The molecule has 19 heavy (non-hydrogen) atoms. The third kappa shape index (κ3) is 2.50. The third-order valence-corrected chi connectivity index (χ3v) is 5.45. The second-order valence-corrected chi connectivity index (χ2v) is 7.01. The number of hydrogen-bond donors (Lipinski definition) is 2. The molecule has 0 bridgehead atoms. The fraction of sp³-hybridized carbons (Fsp3) is 0.636. The highest BCUT2D eigenvalue weighted by molar-refractivity contribution is 7.89. The molecule has 1 aliphatic rings. The van der Waals surface area contributed by atoms with Crippen molar-refractivity contribution in [3.63, 3.8) is 0 Å². The molecule has 106 valence electrons. The minimum atomic E-state index is -3.59. The number of aliphatic carboxylic acids is 1. The first-order valence-corrected chi connectivity index (χ1v) is 7.45. The molecule has 1 fully saturated rings. The predicted octanol–water partition coefficient (Wildman–Crippen LogP) is 0.594. The lowest BCUT2D eigenvalue weighted by atomic mass is 9.81. The van der Waals surface area contributed by atoms with Crippen molar-refractivity contribution in [1.29, 1.82) is 0 Å². The van der Waals surface area contributed by atoms with Gasteiger partial charge in [0, 0.05) is 13.1 Å². The average Bonchev–Trinajstić information content (AvgIpc) is 2.77. The van der Waals surface area contributed by atoms with E-state index in [1.807, 2.05) is 0 Å². The van der Waals surface area contributed by atoms with Crippen molar-refractivity contribution in [2.75, 3.05) is 13.1 Å². The van der Waals surface area contributed by atoms with Crippen LogP contribution in [0.2, 0.25) is 0 Å². The number of piperidine rings is 1. The molecule has 2 N–H and O–H groups in total. The molecule has 1 aromatic heterocycles. The molecule has 2 heterocycles. The van der Waals surface area contributed by atoms with Crippen molar-refractivity contribution in [2.45, 2.75) is 31.7 Å². The second kappa shape index (κ2) is 4.61. The number of nitrogens with one attached hydrogen (secondary N) is 1. The van der Waals surface area contributed by atoms with Crippen LogP contribution in [0.15, 0.2) is 11.2 Å². The molecular weight excluding hydrogens is 270 g/mol. The Kier molecular flexibility index (Phi) is 3.40. The zero-order valence-corrected chi connectivity index (χ0v) is 11.7. The SMILES string of the molecule is Cc1ncc(S(=O)(=O)N2CCC(C)(C(=O)O)CC2)[nH]1. The highest BCUT2D eigenvalue weighted by Crippen LogP contribution is 2.33. The van der Waals surface area contributed by atoms with E-state index in [0.717, 1.165) is 0 Å². The molecule has 0 atom stereocenters. The minimum Gasteiger partial charge on any atom is -0.481 e. The zero-order chi connectivity index (χ0) is 14.3. The highest BCUT2D eigenvalue weighted by atomic mass is 32.2. The smallest absolute Gasteiger partial charge is 0.309 e. The van der Waals surface area contributed by atoms with Crippen molar-refractivity contribution in [2.24, 2.45) is 5.41 Å². The molecule has 1 aromatic rings. The lowest BCUT2D eigenvalue weighted by Gasteiger charge is -2.35. The largest absolute Gasteiger partial charge is 0.481 e. The number of H-pyrrole nitrogens is 1. The van der Waals surface area contributed by atoms with Crippen LogP contribution in [-0.4, -0.2) is 46.9 Å². The summed E-state index contributed by atoms with van der Waals surface area (Å²) >= 11 is 0. The number of aromatic amines is 1. The molecule has 0 amide bonds. The molecule has 0 aromatic carbocycles. The number of nitrogens with zero attached hydrogens (tertiary/aromatic N) is 2. The molecule has 8 heteroatoms. The van der Waals surface area contributed by atoms with Gasteiger partial charge in [-0.1, -0.05) is 0 Å². The van der Waals surface area contributed by atoms with E-state index in [1.54, 1.807) is 13.8 Å². The maximum Gasteiger partial charge on any atom is 0.309 e. The maximum absolute atomic E-state index is 12.3. The van der Waals surface area contributed by atoms with E-state index in [4.69, 9.17) is 5.11 Å². The Morgan fingerprint density at radius 2 is 2.05 bits per heavy atom. The van der Waals surface area contributed by atoms with E-state index in [0.29, 0.717) is 18.7 Å². The third-order valence-electron chi connectivity index (χ3n) is 3.64. The monoisotopic (exact) mass is 287 g/mol. The van der Waals surface area contributed by atoms with Gasteiger partial charge < -0.3 is 10.1 Å². The normalized spacial score (nSPS) is 20.3. The van der Waals surface area contributed by atoms with Crippen molar-refractivity contribution in [3.8, 4) is 0 Å². The summed E-state index contributed by atoms with van der Waals surface area (Å²) in [7, 11) is -3.59. The lowest BCUT2D eigenvalue weighted by molar-refractivity contribution is -0.150. The Morgan fingerprint density at radius 3 is 2.47 bits per heavy atom. The van der Waals surface area contributed by atoms with Crippen LogP contribution in [-0.2, 0) is 14.8 Å². The minimum absolute atomic E-state index is 0.0592. The van der Waals surface area contributed by atoms with Crippen LogP contribution >= 0.6 is 0 Å². The summed E-state index contributed by atoms with van der Waals surface area (Å²) in [5.74, 6) is -0.340. The van der Waals surface area contributed by atoms with Gasteiger partial charge in [-0.3, -0.25) is 4.79 Å². The fourth-order valence-corrected chi connectivity index (χ4v) is 3.51. The van der Waals surface area contributed by atoms with Gasteiger partial charge in [-0.15, -0.1) is 0 Å². The van der Waals surface area contributed by atoms with Crippen LogP contribution in [0.5, 0.6) is 0 Å². The number of sulfonamides is 1. The van der Waals surface area contributed by atoms with Gasteiger partial charge in [0.2, 0.25) is 0 Å². The van der Waals surface area contributed by atoms with Crippen LogP contribution in [0.3, 0.4) is 0 Å². The Balaban J connectivity index is 2.16. The van der Waals surface area contributed by atoms with E-state index in [1.165, 1.54) is 10.5 Å². The first-order valence-electron chi connectivity index (χ1n) is 6.01. The van der Waals surface area contributed by atoms with Gasteiger partial charge in [-0.05, 0) is 26.7 Å². The van der Waals surface area contributed by atoms with Gasteiger partial charge >= 0.3 is 5.97 Å². The average molecular weight is 287 g/mol. The first-order chi connectivity index (χ1) is 8.75. The molecule has 1 saturated heterocycles. The summed E-state index contributed by atoms with van der Waals surface area (Å²) in [5, 5.41) is 9.18.